The normalized spacial score (nSPS) is 15.3. The predicted octanol–water partition coefficient (Wildman–Crippen LogP) is 4.86. The zero-order valence-electron chi connectivity index (χ0n) is 34.1. The topological polar surface area (TPSA) is 143 Å². The largest absolute Gasteiger partial charge is 0.502 e. The fourth-order valence-electron chi connectivity index (χ4n) is 8.03. The van der Waals surface area contributed by atoms with Crippen LogP contribution in [0.2, 0.25) is 0 Å². The number of anilines is 2. The first-order valence-electron chi connectivity index (χ1n) is 19.4. The summed E-state index contributed by atoms with van der Waals surface area (Å²) in [7, 11) is 9.08. The van der Waals surface area contributed by atoms with Gasteiger partial charge in [0.1, 0.15) is 11.5 Å². The minimum absolute atomic E-state index is 0.141. The van der Waals surface area contributed by atoms with E-state index in [1.165, 1.54) is 28.4 Å². The molecule has 0 spiro atoms. The van der Waals surface area contributed by atoms with Crippen LogP contribution in [0.25, 0.3) is 0 Å². The minimum Gasteiger partial charge on any atom is -0.502 e. The van der Waals surface area contributed by atoms with E-state index in [0.717, 1.165) is 22.9 Å². The molecule has 0 aliphatic carbocycles. The molecule has 0 unspecified atom stereocenters. The van der Waals surface area contributed by atoms with Gasteiger partial charge in [0.05, 0.1) is 65.9 Å². The molecule has 2 amide bonds. The van der Waals surface area contributed by atoms with Crippen molar-refractivity contribution in [3.63, 3.8) is 0 Å². The zero-order valence-corrected chi connectivity index (χ0v) is 34.1. The summed E-state index contributed by atoms with van der Waals surface area (Å²) in [6.07, 6.45) is 0.283. The number of piperazine rings is 2. The Morgan fingerprint density at radius 3 is 1.07 bits per heavy atom. The zero-order chi connectivity index (χ0) is 41.3. The Labute approximate surface area is 340 Å². The third kappa shape index (κ3) is 8.85. The van der Waals surface area contributed by atoms with Crippen molar-refractivity contribution in [1.82, 2.24) is 9.80 Å². The maximum Gasteiger partial charge on any atom is 0.226 e. The van der Waals surface area contributed by atoms with Crippen LogP contribution in [0, 0.1) is 11.8 Å². The summed E-state index contributed by atoms with van der Waals surface area (Å²) in [5, 5.41) is 21.6. The molecule has 0 saturated carbocycles. The molecule has 0 bridgehead atoms. The number of rotatable bonds is 15. The number of para-hydroxylation sites is 4. The van der Waals surface area contributed by atoms with Gasteiger partial charge >= 0.3 is 0 Å². The van der Waals surface area contributed by atoms with Crippen molar-refractivity contribution in [3.05, 3.63) is 83.9 Å². The molecule has 58 heavy (non-hydrogen) atoms. The Bertz CT molecular complexity index is 1850. The van der Waals surface area contributed by atoms with Crippen LogP contribution in [-0.4, -0.2) is 127 Å². The minimum atomic E-state index is -0.859. The molecule has 2 aliphatic rings. The molecule has 6 rings (SSSR count). The first-order chi connectivity index (χ1) is 28.1. The maximum atomic E-state index is 15.2. The van der Waals surface area contributed by atoms with Crippen LogP contribution in [0.4, 0.5) is 11.4 Å². The molecule has 310 valence electrons. The summed E-state index contributed by atoms with van der Waals surface area (Å²) < 4.78 is 33.3. The molecule has 2 atom stereocenters. The number of carbonyl (C=O) groups excluding carboxylic acids is 2. The molecule has 4 aromatic carbocycles. The van der Waals surface area contributed by atoms with Gasteiger partial charge in [-0.2, -0.15) is 0 Å². The van der Waals surface area contributed by atoms with Gasteiger partial charge in [0.25, 0.3) is 0 Å². The van der Waals surface area contributed by atoms with E-state index < -0.39 is 11.8 Å². The highest BCUT2D eigenvalue weighted by atomic mass is 16.5. The van der Waals surface area contributed by atoms with Crippen molar-refractivity contribution >= 4 is 23.2 Å². The number of nitrogens with zero attached hydrogens (tertiary/aromatic N) is 4. The Morgan fingerprint density at radius 2 is 0.776 bits per heavy atom. The smallest absolute Gasteiger partial charge is 0.226 e. The number of aromatic hydroxyl groups is 2. The third-order valence-corrected chi connectivity index (χ3v) is 11.1. The summed E-state index contributed by atoms with van der Waals surface area (Å²) >= 11 is 0. The standard InChI is InChI=1S/C44H54N4O10/c1-53-35-13-9-7-11-33(35)45-15-19-47(20-16-45)43(51)31(23-29-25-37(55-3)41(49)38(26-29)56-4)32(24-30-27-39(57-5)42(50)40(28-30)58-6)44(52)48-21-17-46(18-22-48)34-12-8-10-14-36(34)54-2/h7-14,25-28,31-32,49-50H,15-24H2,1-6H3/t31-,32+. The number of methoxy groups -OCH3 is 6. The average molecular weight is 799 g/mol. The highest BCUT2D eigenvalue weighted by Gasteiger charge is 2.41. The molecule has 2 heterocycles. The monoisotopic (exact) mass is 798 g/mol. The van der Waals surface area contributed by atoms with E-state index in [9.17, 15) is 10.2 Å². The summed E-state index contributed by atoms with van der Waals surface area (Å²) in [5.41, 5.74) is 3.20. The van der Waals surface area contributed by atoms with Gasteiger partial charge in [0, 0.05) is 52.4 Å². The lowest BCUT2D eigenvalue weighted by Gasteiger charge is -2.41. The number of amides is 2. The number of phenolic OH excluding ortho intramolecular Hbond substituents is 2. The third-order valence-electron chi connectivity index (χ3n) is 11.1. The Balaban J connectivity index is 1.38. The lowest BCUT2D eigenvalue weighted by molar-refractivity contribution is -0.146. The number of hydrogen-bond donors (Lipinski definition) is 2. The molecule has 2 aliphatic heterocycles. The summed E-state index contributed by atoms with van der Waals surface area (Å²) in [4.78, 5) is 38.4. The molecule has 2 fully saturated rings. The quantitative estimate of drug-likeness (QED) is 0.170. The van der Waals surface area contributed by atoms with Crippen LogP contribution < -0.4 is 38.2 Å². The second kappa shape index (κ2) is 18.8. The lowest BCUT2D eigenvalue weighted by atomic mass is 9.80. The van der Waals surface area contributed by atoms with Crippen LogP contribution >= 0.6 is 0 Å². The van der Waals surface area contributed by atoms with Gasteiger partial charge in [-0.3, -0.25) is 9.59 Å². The predicted molar refractivity (Wildman–Crippen MR) is 220 cm³/mol. The maximum absolute atomic E-state index is 15.2. The number of benzene rings is 4. The SMILES string of the molecule is COc1ccccc1N1CCN(C(=O)[C@@H](Cc2cc(OC)c(O)c(OC)c2)[C@@H](Cc2cc(OC)c(O)c(OC)c2)C(=O)N2CCN(c3ccccc3OC)CC2)CC1. The van der Waals surface area contributed by atoms with Gasteiger partial charge in [-0.05, 0) is 72.5 Å². The molecule has 14 nitrogen and oxygen atoms in total. The Hall–Kier alpha value is -6.18. The van der Waals surface area contributed by atoms with Crippen LogP contribution in [0.1, 0.15) is 11.1 Å². The van der Waals surface area contributed by atoms with E-state index in [4.69, 9.17) is 28.4 Å². The van der Waals surface area contributed by atoms with E-state index in [2.05, 4.69) is 9.80 Å². The van der Waals surface area contributed by atoms with Gasteiger partial charge in [-0.25, -0.2) is 0 Å². The van der Waals surface area contributed by atoms with Gasteiger partial charge in [0.15, 0.2) is 23.0 Å². The number of carbonyl (C=O) groups is 2. The second-order valence-corrected chi connectivity index (χ2v) is 14.3. The summed E-state index contributed by atoms with van der Waals surface area (Å²) in [6.45, 7) is 3.96. The molecule has 2 N–H and O–H groups in total. The van der Waals surface area contributed by atoms with Gasteiger partial charge in [0.2, 0.25) is 23.3 Å². The lowest BCUT2D eigenvalue weighted by Crippen LogP contribution is -2.55. The Morgan fingerprint density at radius 1 is 0.483 bits per heavy atom. The molecule has 0 aromatic heterocycles. The van der Waals surface area contributed by atoms with Crippen molar-refractivity contribution in [2.24, 2.45) is 11.8 Å². The van der Waals surface area contributed by atoms with Crippen LogP contribution in [0.5, 0.6) is 46.0 Å². The first kappa shape index (κ1) is 41.5. The van der Waals surface area contributed by atoms with Crippen LogP contribution in [-0.2, 0) is 22.4 Å². The molecule has 4 aromatic rings. The average Bonchev–Trinajstić information content (AvgIpc) is 3.27. The number of ether oxygens (including phenoxy) is 6. The summed E-state index contributed by atoms with van der Waals surface area (Å²) in [5.74, 6) is -0.111. The van der Waals surface area contributed by atoms with E-state index >= 15 is 9.59 Å². The van der Waals surface area contributed by atoms with Gasteiger partial charge < -0.3 is 58.2 Å². The fraction of sp³-hybridized carbons (Fsp3) is 0.409. The Kier molecular flexibility index (Phi) is 13.5. The molecule has 14 heteroatoms. The van der Waals surface area contributed by atoms with E-state index in [1.54, 1.807) is 38.5 Å². The van der Waals surface area contributed by atoms with E-state index in [1.807, 2.05) is 58.3 Å². The summed E-state index contributed by atoms with van der Waals surface area (Å²) in [6, 6.07) is 22.3. The van der Waals surface area contributed by atoms with E-state index in [-0.39, 0.29) is 59.2 Å². The number of phenols is 2. The molecular weight excluding hydrogens is 745 g/mol. The van der Waals surface area contributed by atoms with E-state index in [0.29, 0.717) is 63.5 Å². The fourth-order valence-corrected chi connectivity index (χ4v) is 8.03. The van der Waals surface area contributed by atoms with Crippen LogP contribution in [0.3, 0.4) is 0 Å². The first-order valence-corrected chi connectivity index (χ1v) is 19.4. The van der Waals surface area contributed by atoms with Crippen molar-refractivity contribution in [3.8, 4) is 46.0 Å². The molecule has 0 radical (unpaired) electrons. The van der Waals surface area contributed by atoms with Crippen LogP contribution in [0.15, 0.2) is 72.8 Å². The van der Waals surface area contributed by atoms with Crippen molar-refractivity contribution in [2.45, 2.75) is 12.8 Å². The van der Waals surface area contributed by atoms with Crippen molar-refractivity contribution in [1.29, 1.82) is 0 Å². The van der Waals surface area contributed by atoms with Crippen molar-refractivity contribution in [2.75, 3.05) is 105 Å². The molecular formula is C44H54N4O10. The van der Waals surface area contributed by atoms with Gasteiger partial charge in [-0.1, -0.05) is 24.3 Å². The highest BCUT2D eigenvalue weighted by Crippen LogP contribution is 2.41. The second-order valence-electron chi connectivity index (χ2n) is 14.3. The van der Waals surface area contributed by atoms with Crippen molar-refractivity contribution < 1.29 is 48.2 Å². The highest BCUT2D eigenvalue weighted by molar-refractivity contribution is 5.89. The molecule has 2 saturated heterocycles. The van der Waals surface area contributed by atoms with Gasteiger partial charge in [-0.15, -0.1) is 0 Å². The number of hydrogen-bond acceptors (Lipinski definition) is 12.